The molecule has 2 saturated heterocycles. The molecule has 3 heterocycles. The van der Waals surface area contributed by atoms with Crippen molar-refractivity contribution in [2.24, 2.45) is 11.8 Å². The first kappa shape index (κ1) is 23.6. The summed E-state index contributed by atoms with van der Waals surface area (Å²) in [6.45, 7) is 5.28. The molecule has 0 aromatic heterocycles. The molecule has 5 rings (SSSR count). The highest BCUT2D eigenvalue weighted by Gasteiger charge is 2.51. The van der Waals surface area contributed by atoms with Crippen LogP contribution in [0.25, 0.3) is 0 Å². The molecule has 2 fully saturated rings. The van der Waals surface area contributed by atoms with Gasteiger partial charge in [-0.15, -0.1) is 0 Å². The molecule has 2 aromatic rings. The van der Waals surface area contributed by atoms with Gasteiger partial charge in [0.25, 0.3) is 0 Å². The Morgan fingerprint density at radius 2 is 1.91 bits per heavy atom. The van der Waals surface area contributed by atoms with Crippen molar-refractivity contribution >= 4 is 17.6 Å². The lowest BCUT2D eigenvalue weighted by molar-refractivity contribution is -0.187. The second kappa shape index (κ2) is 9.17. The second-order valence-corrected chi connectivity index (χ2v) is 10.3. The highest BCUT2D eigenvalue weighted by atomic mass is 16.5. The lowest BCUT2D eigenvalue weighted by Gasteiger charge is -2.53. The third kappa shape index (κ3) is 4.60. The summed E-state index contributed by atoms with van der Waals surface area (Å²) < 4.78 is 12.9. The number of carbonyl (C=O) groups excluding carboxylic acids is 1. The monoisotopic (exact) mass is 480 g/mol. The van der Waals surface area contributed by atoms with Gasteiger partial charge >= 0.3 is 5.97 Å². The highest BCUT2D eigenvalue weighted by molar-refractivity contribution is 5.98. The lowest BCUT2D eigenvalue weighted by atomic mass is 9.70. The number of ether oxygens (including phenoxy) is 2. The number of hydrogen-bond donors (Lipinski definition) is 2. The number of para-hydroxylation sites is 2. The van der Waals surface area contributed by atoms with E-state index in [2.05, 4.69) is 4.90 Å². The number of benzene rings is 2. The molecular weight excluding hydrogens is 448 g/mol. The third-order valence-electron chi connectivity index (χ3n) is 7.60. The summed E-state index contributed by atoms with van der Waals surface area (Å²) in [6, 6.07) is 14.4. The zero-order valence-corrected chi connectivity index (χ0v) is 20.1. The van der Waals surface area contributed by atoms with E-state index >= 15 is 0 Å². The van der Waals surface area contributed by atoms with Crippen LogP contribution in [-0.2, 0) is 14.3 Å². The van der Waals surface area contributed by atoms with Crippen molar-refractivity contribution in [2.75, 3.05) is 31.1 Å². The number of carboxylic acid groups (broad SMARTS) is 1. The van der Waals surface area contributed by atoms with Gasteiger partial charge in [-0.2, -0.15) is 0 Å². The molecule has 0 bridgehead atoms. The molecule has 2 N–H and O–H groups in total. The van der Waals surface area contributed by atoms with Gasteiger partial charge in [0.15, 0.2) is 11.5 Å². The van der Waals surface area contributed by atoms with Crippen LogP contribution >= 0.6 is 0 Å². The van der Waals surface area contributed by atoms with Gasteiger partial charge < -0.3 is 24.6 Å². The zero-order valence-electron chi connectivity index (χ0n) is 20.1. The number of nitrogens with zero attached hydrogens (tertiary/aromatic N) is 2. The molecule has 0 spiro atoms. The molecule has 3 aliphatic heterocycles. The van der Waals surface area contributed by atoms with Crippen LogP contribution in [0.4, 0.5) is 5.69 Å². The van der Waals surface area contributed by atoms with Crippen molar-refractivity contribution in [3.8, 4) is 11.5 Å². The van der Waals surface area contributed by atoms with Crippen LogP contribution in [0.15, 0.2) is 48.5 Å². The van der Waals surface area contributed by atoms with Crippen molar-refractivity contribution in [3.05, 3.63) is 54.1 Å². The molecule has 4 atom stereocenters. The van der Waals surface area contributed by atoms with Gasteiger partial charge in [-0.25, -0.2) is 0 Å². The minimum Gasteiger partial charge on any atom is -0.504 e. The van der Waals surface area contributed by atoms with Crippen molar-refractivity contribution in [3.63, 3.8) is 0 Å². The van der Waals surface area contributed by atoms with Gasteiger partial charge in [0.05, 0.1) is 18.8 Å². The number of carbonyl (C=O) groups is 2. The Morgan fingerprint density at radius 3 is 2.66 bits per heavy atom. The van der Waals surface area contributed by atoms with E-state index in [1.54, 1.807) is 30.3 Å². The number of rotatable bonds is 5. The number of phenolic OH excluding ortho intramolecular Hbond substituents is 1. The number of fused-ring (bicyclic) bond motifs is 4. The molecule has 8 heteroatoms. The van der Waals surface area contributed by atoms with E-state index in [1.807, 2.05) is 32.0 Å². The van der Waals surface area contributed by atoms with Crippen LogP contribution < -0.4 is 9.64 Å². The van der Waals surface area contributed by atoms with Crippen LogP contribution in [-0.4, -0.2) is 64.9 Å². The zero-order chi connectivity index (χ0) is 24.7. The smallest absolute Gasteiger partial charge is 0.323 e. The molecule has 0 saturated carbocycles. The molecular formula is C27H32N2O6. The van der Waals surface area contributed by atoms with E-state index in [0.29, 0.717) is 24.5 Å². The maximum atomic E-state index is 13.2. The summed E-state index contributed by atoms with van der Waals surface area (Å²) in [5.74, 6) is -0.265. The molecule has 3 aliphatic rings. The number of phenols is 1. The number of amides is 1. The second-order valence-electron chi connectivity index (χ2n) is 10.3. The Bertz CT molecular complexity index is 1100. The Kier molecular flexibility index (Phi) is 6.19. The van der Waals surface area contributed by atoms with Crippen molar-refractivity contribution in [1.82, 2.24) is 4.90 Å². The minimum absolute atomic E-state index is 0.0657. The van der Waals surface area contributed by atoms with Gasteiger partial charge in [0.2, 0.25) is 5.91 Å². The largest absolute Gasteiger partial charge is 0.504 e. The maximum absolute atomic E-state index is 13.2. The van der Waals surface area contributed by atoms with E-state index in [9.17, 15) is 19.8 Å². The first-order chi connectivity index (χ1) is 16.7. The third-order valence-corrected chi connectivity index (χ3v) is 7.60. The first-order valence-electron chi connectivity index (χ1n) is 12.2. The van der Waals surface area contributed by atoms with E-state index in [-0.39, 0.29) is 48.8 Å². The molecule has 8 nitrogen and oxygen atoms in total. The Hall–Kier alpha value is -3.10. The number of aliphatic carboxylic acids is 1. The number of anilines is 1. The highest BCUT2D eigenvalue weighted by Crippen LogP contribution is 2.54. The Labute approximate surface area is 205 Å². The van der Waals surface area contributed by atoms with Crippen LogP contribution in [0, 0.1) is 11.8 Å². The number of hydrogen-bond acceptors (Lipinski definition) is 6. The Morgan fingerprint density at radius 1 is 1.14 bits per heavy atom. The van der Waals surface area contributed by atoms with Gasteiger partial charge in [-0.05, 0) is 50.8 Å². The predicted octanol–water partition coefficient (Wildman–Crippen LogP) is 3.45. The number of likely N-dealkylation sites (tertiary alicyclic amines) is 1. The SMILES string of the molecule is CC1(C)Oc2c(O)cccc2[C@@H]2O[C@@H]3CCN(CC(=O)N(CC(=O)O)c4ccccc4)C[C@H]3C[C@H]21. The maximum Gasteiger partial charge on any atom is 0.323 e. The van der Waals surface area contributed by atoms with Crippen molar-refractivity contribution in [1.29, 1.82) is 0 Å². The standard InChI is InChI=1S/C27H32N2O6/c1-27(2)20-13-17-14-28(15-23(31)29(16-24(32)33)18-7-4-3-5-8-18)12-11-22(17)34-25(20)19-9-6-10-21(30)26(19)35-27/h3-10,17,20,22,25,30H,11-16H2,1-2H3,(H,32,33)/t17-,20-,22-,25+/m1/s1. The summed E-state index contributed by atoms with van der Waals surface area (Å²) in [5, 5.41) is 19.7. The van der Waals surface area contributed by atoms with E-state index < -0.39 is 11.6 Å². The molecule has 0 unspecified atom stereocenters. The molecule has 35 heavy (non-hydrogen) atoms. The fourth-order valence-electron chi connectivity index (χ4n) is 5.87. The van der Waals surface area contributed by atoms with Gasteiger partial charge in [0, 0.05) is 30.3 Å². The fourth-order valence-corrected chi connectivity index (χ4v) is 5.87. The summed E-state index contributed by atoms with van der Waals surface area (Å²) in [6.07, 6.45) is 1.61. The van der Waals surface area contributed by atoms with E-state index in [1.165, 1.54) is 4.90 Å². The molecule has 2 aromatic carbocycles. The fraction of sp³-hybridized carbons (Fsp3) is 0.481. The summed E-state index contributed by atoms with van der Waals surface area (Å²) in [5.41, 5.74) is 0.977. The normalized spacial score (nSPS) is 27.0. The van der Waals surface area contributed by atoms with Crippen LogP contribution in [0.3, 0.4) is 0 Å². The number of piperidine rings is 1. The average Bonchev–Trinajstić information content (AvgIpc) is 2.83. The quantitative estimate of drug-likeness (QED) is 0.676. The van der Waals surface area contributed by atoms with E-state index in [4.69, 9.17) is 9.47 Å². The molecule has 1 amide bonds. The van der Waals surface area contributed by atoms with Crippen molar-refractivity contribution < 1.29 is 29.3 Å². The van der Waals surface area contributed by atoms with Gasteiger partial charge in [-0.3, -0.25) is 14.5 Å². The molecule has 0 radical (unpaired) electrons. The topological polar surface area (TPSA) is 99.5 Å². The average molecular weight is 481 g/mol. The summed E-state index contributed by atoms with van der Waals surface area (Å²) in [7, 11) is 0. The lowest BCUT2D eigenvalue weighted by Crippen LogP contribution is -2.56. The van der Waals surface area contributed by atoms with E-state index in [0.717, 1.165) is 18.4 Å². The summed E-state index contributed by atoms with van der Waals surface area (Å²) >= 11 is 0. The number of aromatic hydroxyl groups is 1. The number of carboxylic acids is 1. The van der Waals surface area contributed by atoms with Gasteiger partial charge in [-0.1, -0.05) is 30.3 Å². The van der Waals surface area contributed by atoms with Crippen LogP contribution in [0.1, 0.15) is 38.4 Å². The predicted molar refractivity (Wildman–Crippen MR) is 130 cm³/mol. The van der Waals surface area contributed by atoms with Crippen LogP contribution in [0.2, 0.25) is 0 Å². The first-order valence-corrected chi connectivity index (χ1v) is 12.2. The van der Waals surface area contributed by atoms with Crippen LogP contribution in [0.5, 0.6) is 11.5 Å². The molecule has 0 aliphatic carbocycles. The molecule has 186 valence electrons. The van der Waals surface area contributed by atoms with Crippen molar-refractivity contribution in [2.45, 2.75) is 44.5 Å². The van der Waals surface area contributed by atoms with Gasteiger partial charge in [0.1, 0.15) is 12.1 Å². The Balaban J connectivity index is 1.30. The minimum atomic E-state index is -1.04. The summed E-state index contributed by atoms with van der Waals surface area (Å²) in [4.78, 5) is 28.0.